The van der Waals surface area contributed by atoms with Crippen molar-refractivity contribution >= 4 is 5.69 Å². The number of morpholine rings is 1. The number of aryl methyl sites for hydroxylation is 1. The number of nitrogens with zero attached hydrogens (tertiary/aromatic N) is 5. The molecule has 0 atom stereocenters. The fourth-order valence-corrected chi connectivity index (χ4v) is 5.60. The van der Waals surface area contributed by atoms with Crippen molar-refractivity contribution in [2.75, 3.05) is 70.5 Å². The first kappa shape index (κ1) is 23.5. The molecule has 3 aromatic rings. The molecule has 2 aromatic carbocycles. The van der Waals surface area contributed by atoms with Gasteiger partial charge >= 0.3 is 0 Å². The highest BCUT2D eigenvalue weighted by Gasteiger charge is 2.22. The molecule has 0 radical (unpaired) electrons. The van der Waals surface area contributed by atoms with Crippen molar-refractivity contribution in [2.24, 2.45) is 0 Å². The van der Waals surface area contributed by atoms with Gasteiger partial charge in [-0.25, -0.2) is 4.98 Å². The lowest BCUT2D eigenvalue weighted by molar-refractivity contribution is 0.0383. The lowest BCUT2D eigenvalue weighted by Crippen LogP contribution is -2.46. The molecule has 7 heteroatoms. The van der Waals surface area contributed by atoms with Gasteiger partial charge in [-0.3, -0.25) is 9.47 Å². The predicted molar refractivity (Wildman–Crippen MR) is 143 cm³/mol. The molecule has 0 spiro atoms. The summed E-state index contributed by atoms with van der Waals surface area (Å²) < 4.78 is 13.9. The number of ether oxygens (including phenoxy) is 2. The van der Waals surface area contributed by atoms with Crippen molar-refractivity contribution < 1.29 is 9.47 Å². The Morgan fingerprint density at radius 3 is 2.44 bits per heavy atom. The summed E-state index contributed by atoms with van der Waals surface area (Å²) in [7, 11) is 0. The minimum Gasteiger partial charge on any atom is -0.483 e. The van der Waals surface area contributed by atoms with Crippen LogP contribution in [0, 0.1) is 6.92 Å². The van der Waals surface area contributed by atoms with Crippen LogP contribution in [0.4, 0.5) is 5.69 Å². The average Bonchev–Trinajstić information content (AvgIpc) is 3.36. The Balaban J connectivity index is 1.18. The van der Waals surface area contributed by atoms with Crippen LogP contribution >= 0.6 is 0 Å². The molecular weight excluding hydrogens is 450 g/mol. The van der Waals surface area contributed by atoms with E-state index in [0.717, 1.165) is 94.9 Å². The summed E-state index contributed by atoms with van der Waals surface area (Å²) in [6.45, 7) is 15.3. The molecule has 0 amide bonds. The second-order valence-electron chi connectivity index (χ2n) is 10.1. The lowest BCUT2D eigenvalue weighted by atomic mass is 9.98. The Kier molecular flexibility index (Phi) is 6.69. The number of likely N-dealkylation sites (N-methyl/N-ethyl adjacent to an activating group) is 1. The van der Waals surface area contributed by atoms with E-state index < -0.39 is 0 Å². The third-order valence-electron chi connectivity index (χ3n) is 7.90. The van der Waals surface area contributed by atoms with Gasteiger partial charge in [-0.05, 0) is 54.4 Å². The monoisotopic (exact) mass is 487 g/mol. The highest BCUT2D eigenvalue weighted by atomic mass is 16.5. The summed E-state index contributed by atoms with van der Waals surface area (Å²) in [6, 6.07) is 13.5. The summed E-state index contributed by atoms with van der Waals surface area (Å²) in [4.78, 5) is 12.3. The number of anilines is 1. The van der Waals surface area contributed by atoms with Crippen LogP contribution in [0.2, 0.25) is 0 Å². The van der Waals surface area contributed by atoms with Gasteiger partial charge in [-0.2, -0.15) is 0 Å². The van der Waals surface area contributed by atoms with Crippen molar-refractivity contribution in [1.82, 2.24) is 19.4 Å². The zero-order chi connectivity index (χ0) is 24.5. The zero-order valence-electron chi connectivity index (χ0n) is 21.6. The fourth-order valence-electron chi connectivity index (χ4n) is 5.60. The second kappa shape index (κ2) is 10.2. The van der Waals surface area contributed by atoms with Crippen molar-refractivity contribution in [3.63, 3.8) is 0 Å². The highest BCUT2D eigenvalue weighted by molar-refractivity contribution is 5.74. The van der Waals surface area contributed by atoms with Crippen LogP contribution in [-0.2, 0) is 17.8 Å². The van der Waals surface area contributed by atoms with Crippen LogP contribution in [0.15, 0.2) is 42.6 Å². The number of imidazole rings is 1. The molecule has 4 heterocycles. The van der Waals surface area contributed by atoms with Crippen molar-refractivity contribution in [1.29, 1.82) is 0 Å². The molecule has 36 heavy (non-hydrogen) atoms. The molecular formula is C29H37N5O2. The Labute approximate surface area is 214 Å². The molecule has 0 saturated carbocycles. The molecule has 1 aromatic heterocycles. The van der Waals surface area contributed by atoms with Gasteiger partial charge < -0.3 is 19.3 Å². The molecule has 0 bridgehead atoms. The quantitative estimate of drug-likeness (QED) is 0.528. The van der Waals surface area contributed by atoms with Gasteiger partial charge in [0.25, 0.3) is 0 Å². The molecule has 6 rings (SSSR count). The maximum absolute atomic E-state index is 6.19. The summed E-state index contributed by atoms with van der Waals surface area (Å²) in [5, 5.41) is 0. The Morgan fingerprint density at radius 2 is 1.69 bits per heavy atom. The van der Waals surface area contributed by atoms with Crippen LogP contribution in [0.1, 0.15) is 24.0 Å². The standard InChI is InChI=1S/C29H37N5O2/c1-3-31-10-12-33(13-11-31)25-6-4-23(5-7-25)26-19-28-27(18-22(26)2)34-20-24(30-29(34)21-36-28)8-9-32-14-16-35-17-15-32/h4-7,18-20H,3,8-17,21H2,1-2H3. The molecule has 2 fully saturated rings. The summed E-state index contributed by atoms with van der Waals surface area (Å²) in [6.07, 6.45) is 3.15. The van der Waals surface area contributed by atoms with E-state index in [2.05, 4.69) is 75.7 Å². The molecule has 190 valence electrons. The highest BCUT2D eigenvalue weighted by Crippen LogP contribution is 2.37. The van der Waals surface area contributed by atoms with E-state index in [-0.39, 0.29) is 0 Å². The van der Waals surface area contributed by atoms with E-state index in [1.165, 1.54) is 22.4 Å². The minimum atomic E-state index is 0.510. The maximum Gasteiger partial charge on any atom is 0.151 e. The van der Waals surface area contributed by atoms with Gasteiger partial charge in [0.1, 0.15) is 12.4 Å². The molecule has 0 unspecified atom stereocenters. The Bertz CT molecular complexity index is 1190. The molecule has 0 aliphatic carbocycles. The van der Waals surface area contributed by atoms with Crippen molar-refractivity contribution in [3.8, 4) is 22.6 Å². The number of rotatable bonds is 6. The number of hydrogen-bond donors (Lipinski definition) is 0. The second-order valence-corrected chi connectivity index (χ2v) is 10.1. The van der Waals surface area contributed by atoms with E-state index in [4.69, 9.17) is 14.5 Å². The molecule has 2 saturated heterocycles. The van der Waals surface area contributed by atoms with Crippen LogP contribution in [0.3, 0.4) is 0 Å². The maximum atomic E-state index is 6.19. The van der Waals surface area contributed by atoms with E-state index in [9.17, 15) is 0 Å². The number of hydrogen-bond acceptors (Lipinski definition) is 6. The van der Waals surface area contributed by atoms with Crippen LogP contribution < -0.4 is 9.64 Å². The smallest absolute Gasteiger partial charge is 0.151 e. The van der Waals surface area contributed by atoms with Gasteiger partial charge in [-0.15, -0.1) is 0 Å². The minimum absolute atomic E-state index is 0.510. The number of benzene rings is 2. The predicted octanol–water partition coefficient (Wildman–Crippen LogP) is 3.76. The Morgan fingerprint density at radius 1 is 0.917 bits per heavy atom. The van der Waals surface area contributed by atoms with Gasteiger partial charge in [0.05, 0.1) is 24.6 Å². The number of aromatic nitrogens is 2. The molecule has 3 aliphatic heterocycles. The van der Waals surface area contributed by atoms with Crippen molar-refractivity contribution in [3.05, 3.63) is 59.7 Å². The third kappa shape index (κ3) is 4.75. The zero-order valence-corrected chi connectivity index (χ0v) is 21.6. The van der Waals surface area contributed by atoms with Gasteiger partial charge in [0, 0.05) is 64.1 Å². The largest absolute Gasteiger partial charge is 0.483 e. The van der Waals surface area contributed by atoms with E-state index >= 15 is 0 Å². The average molecular weight is 488 g/mol. The van der Waals surface area contributed by atoms with E-state index in [0.29, 0.717) is 6.61 Å². The van der Waals surface area contributed by atoms with E-state index in [1.807, 2.05) is 0 Å². The van der Waals surface area contributed by atoms with Gasteiger partial charge in [0.2, 0.25) is 0 Å². The third-order valence-corrected chi connectivity index (χ3v) is 7.90. The van der Waals surface area contributed by atoms with Crippen LogP contribution in [-0.4, -0.2) is 84.9 Å². The lowest BCUT2D eigenvalue weighted by Gasteiger charge is -2.35. The van der Waals surface area contributed by atoms with Gasteiger partial charge in [-0.1, -0.05) is 19.1 Å². The van der Waals surface area contributed by atoms with Crippen molar-refractivity contribution in [2.45, 2.75) is 26.9 Å². The Hall–Kier alpha value is -2.87. The first-order valence-electron chi connectivity index (χ1n) is 13.4. The number of piperazine rings is 1. The number of fused-ring (bicyclic) bond motifs is 3. The summed E-state index contributed by atoms with van der Waals surface area (Å²) in [5.41, 5.74) is 7.25. The van der Waals surface area contributed by atoms with Gasteiger partial charge in [0.15, 0.2) is 5.82 Å². The molecule has 3 aliphatic rings. The first-order chi connectivity index (χ1) is 17.7. The summed E-state index contributed by atoms with van der Waals surface area (Å²) in [5.74, 6) is 1.92. The summed E-state index contributed by atoms with van der Waals surface area (Å²) >= 11 is 0. The normalized spacial score (nSPS) is 18.6. The fraction of sp³-hybridized carbons (Fsp3) is 0.483. The van der Waals surface area contributed by atoms with Crippen LogP contribution in [0.5, 0.6) is 5.75 Å². The SMILES string of the molecule is CCN1CCN(c2ccc(-c3cc4c(cc3C)-n3cc(CCN5CCOCC5)nc3CO4)cc2)CC1. The molecule has 7 nitrogen and oxygen atoms in total. The molecule has 0 N–H and O–H groups in total. The first-order valence-corrected chi connectivity index (χ1v) is 13.4. The van der Waals surface area contributed by atoms with Crippen LogP contribution in [0.25, 0.3) is 16.8 Å². The topological polar surface area (TPSA) is 46.0 Å². The van der Waals surface area contributed by atoms with E-state index in [1.54, 1.807) is 0 Å².